The van der Waals surface area contributed by atoms with Crippen molar-refractivity contribution in [2.24, 2.45) is 0 Å². The summed E-state index contributed by atoms with van der Waals surface area (Å²) in [5, 5.41) is 3.01. The third kappa shape index (κ3) is 4.57. The van der Waals surface area contributed by atoms with Crippen molar-refractivity contribution < 1.29 is 9.59 Å². The number of hydrogen-bond acceptors (Lipinski definition) is 2. The van der Waals surface area contributed by atoms with Gasteiger partial charge in [0, 0.05) is 23.7 Å². The quantitative estimate of drug-likeness (QED) is 0.844. The van der Waals surface area contributed by atoms with E-state index in [1.807, 2.05) is 42.2 Å². The van der Waals surface area contributed by atoms with E-state index < -0.39 is 0 Å². The molecule has 1 N–H and O–H groups in total. The summed E-state index contributed by atoms with van der Waals surface area (Å²) in [5.41, 5.74) is 2.17. The van der Waals surface area contributed by atoms with Crippen LogP contribution in [0.3, 0.4) is 0 Å². The van der Waals surface area contributed by atoms with Gasteiger partial charge in [0.05, 0.1) is 6.04 Å². The number of rotatable bonds is 5. The second kappa shape index (κ2) is 8.85. The van der Waals surface area contributed by atoms with Crippen molar-refractivity contribution in [3.63, 3.8) is 0 Å². The van der Waals surface area contributed by atoms with E-state index in [1.165, 1.54) is 6.42 Å². The highest BCUT2D eigenvalue weighted by atomic mass is 16.2. The van der Waals surface area contributed by atoms with E-state index in [4.69, 9.17) is 0 Å². The minimum Gasteiger partial charge on any atom is -0.346 e. The molecule has 1 aliphatic heterocycles. The fourth-order valence-electron chi connectivity index (χ4n) is 3.76. The number of amides is 2. The lowest BCUT2D eigenvalue weighted by atomic mass is 9.98. The van der Waals surface area contributed by atoms with Crippen molar-refractivity contribution in [3.8, 4) is 0 Å². The predicted octanol–water partition coefficient (Wildman–Crippen LogP) is 4.58. The maximum absolute atomic E-state index is 13.0. The number of carbonyl (C=O) groups excluding carboxylic acids is 2. The highest BCUT2D eigenvalue weighted by molar-refractivity contribution is 5.99. The third-order valence-corrected chi connectivity index (χ3v) is 5.38. The van der Waals surface area contributed by atoms with E-state index in [-0.39, 0.29) is 17.9 Å². The van der Waals surface area contributed by atoms with Gasteiger partial charge in [-0.3, -0.25) is 9.59 Å². The molecule has 0 aliphatic carbocycles. The summed E-state index contributed by atoms with van der Waals surface area (Å²) >= 11 is 0. The first-order valence-electron chi connectivity index (χ1n) is 9.87. The number of piperidine rings is 1. The monoisotopic (exact) mass is 364 g/mol. The summed E-state index contributed by atoms with van der Waals surface area (Å²) in [5.74, 6) is -0.126. The molecule has 1 heterocycles. The van der Waals surface area contributed by atoms with E-state index in [0.717, 1.165) is 31.4 Å². The fourth-order valence-corrected chi connectivity index (χ4v) is 3.76. The summed E-state index contributed by atoms with van der Waals surface area (Å²) in [6.07, 6.45) is 4.27. The average molecular weight is 364 g/mol. The van der Waals surface area contributed by atoms with E-state index in [2.05, 4.69) is 12.2 Å². The first kappa shape index (κ1) is 19.2. The molecule has 0 spiro atoms. The molecular weight excluding hydrogens is 336 g/mol. The van der Waals surface area contributed by atoms with Crippen LogP contribution in [-0.4, -0.2) is 29.3 Å². The molecule has 2 unspecified atom stereocenters. The van der Waals surface area contributed by atoms with Crippen LogP contribution in [0.25, 0.3) is 0 Å². The van der Waals surface area contributed by atoms with Crippen LogP contribution in [0.15, 0.2) is 54.6 Å². The van der Waals surface area contributed by atoms with Crippen molar-refractivity contribution >= 4 is 11.8 Å². The summed E-state index contributed by atoms with van der Waals surface area (Å²) in [4.78, 5) is 27.6. The number of hydrogen-bond donors (Lipinski definition) is 1. The molecule has 2 amide bonds. The van der Waals surface area contributed by atoms with Gasteiger partial charge in [-0.2, -0.15) is 0 Å². The van der Waals surface area contributed by atoms with Gasteiger partial charge in [-0.15, -0.1) is 0 Å². The van der Waals surface area contributed by atoms with Crippen LogP contribution in [0.1, 0.15) is 71.9 Å². The molecule has 27 heavy (non-hydrogen) atoms. The van der Waals surface area contributed by atoms with Gasteiger partial charge in [-0.25, -0.2) is 0 Å². The normalized spacial score (nSPS) is 18.0. The lowest BCUT2D eigenvalue weighted by molar-refractivity contribution is 0.0608. The molecule has 0 aromatic heterocycles. The number of benzene rings is 2. The van der Waals surface area contributed by atoms with Gasteiger partial charge < -0.3 is 10.2 Å². The highest BCUT2D eigenvalue weighted by Gasteiger charge is 2.26. The largest absolute Gasteiger partial charge is 0.346 e. The molecule has 0 radical (unpaired) electrons. The van der Waals surface area contributed by atoms with Crippen LogP contribution in [0.2, 0.25) is 0 Å². The third-order valence-electron chi connectivity index (χ3n) is 5.38. The first-order chi connectivity index (χ1) is 13.1. The molecule has 2 aromatic rings. The molecule has 3 rings (SSSR count). The Balaban J connectivity index is 1.72. The number of likely N-dealkylation sites (tertiary alicyclic amines) is 1. The fraction of sp³-hybridized carbons (Fsp3) is 0.391. The van der Waals surface area contributed by atoms with E-state index >= 15 is 0 Å². The Hall–Kier alpha value is -2.62. The zero-order chi connectivity index (χ0) is 19.2. The number of carbonyl (C=O) groups is 2. The lowest BCUT2D eigenvalue weighted by Gasteiger charge is -2.35. The Labute approximate surface area is 161 Å². The second-order valence-electron chi connectivity index (χ2n) is 7.24. The standard InChI is InChI=1S/C23H28N2O2/c1-3-21-14-7-8-15-25(21)23(27)20-13-9-12-19(16-20)22(26)24-17(2)18-10-5-4-6-11-18/h4-6,9-13,16-17,21H,3,7-8,14-15H2,1-2H3,(H,24,26). The maximum Gasteiger partial charge on any atom is 0.254 e. The first-order valence-corrected chi connectivity index (χ1v) is 9.87. The van der Waals surface area contributed by atoms with Gasteiger partial charge in [-0.1, -0.05) is 43.3 Å². The molecule has 4 nitrogen and oxygen atoms in total. The molecule has 1 aliphatic rings. The van der Waals surface area contributed by atoms with Crippen LogP contribution in [0.5, 0.6) is 0 Å². The van der Waals surface area contributed by atoms with Gasteiger partial charge in [-0.05, 0) is 56.4 Å². The van der Waals surface area contributed by atoms with Crippen LogP contribution in [0, 0.1) is 0 Å². The predicted molar refractivity (Wildman–Crippen MR) is 108 cm³/mol. The Morgan fingerprint density at radius 2 is 1.81 bits per heavy atom. The maximum atomic E-state index is 13.0. The van der Waals surface area contributed by atoms with Crippen LogP contribution >= 0.6 is 0 Å². The Kier molecular flexibility index (Phi) is 6.28. The molecule has 0 saturated carbocycles. The van der Waals surface area contributed by atoms with Crippen LogP contribution < -0.4 is 5.32 Å². The second-order valence-corrected chi connectivity index (χ2v) is 7.24. The molecule has 1 fully saturated rings. The van der Waals surface area contributed by atoms with E-state index in [1.54, 1.807) is 24.3 Å². The minimum absolute atomic E-state index is 0.0345. The van der Waals surface area contributed by atoms with Crippen LogP contribution in [-0.2, 0) is 0 Å². The zero-order valence-corrected chi connectivity index (χ0v) is 16.2. The van der Waals surface area contributed by atoms with Gasteiger partial charge in [0.15, 0.2) is 0 Å². The Morgan fingerprint density at radius 3 is 2.56 bits per heavy atom. The summed E-state index contributed by atoms with van der Waals surface area (Å²) in [6.45, 7) is 4.89. The van der Waals surface area contributed by atoms with E-state index in [9.17, 15) is 9.59 Å². The Morgan fingerprint density at radius 1 is 1.07 bits per heavy atom. The van der Waals surface area contributed by atoms with Gasteiger partial charge >= 0.3 is 0 Å². The van der Waals surface area contributed by atoms with Crippen molar-refractivity contribution in [1.82, 2.24) is 10.2 Å². The molecule has 2 aromatic carbocycles. The number of nitrogens with zero attached hydrogens (tertiary/aromatic N) is 1. The summed E-state index contributed by atoms with van der Waals surface area (Å²) in [6, 6.07) is 17.1. The van der Waals surface area contributed by atoms with Gasteiger partial charge in [0.1, 0.15) is 0 Å². The molecule has 1 saturated heterocycles. The SMILES string of the molecule is CCC1CCCCN1C(=O)c1cccc(C(=O)NC(C)c2ccccc2)c1. The van der Waals surface area contributed by atoms with Crippen molar-refractivity contribution in [2.75, 3.05) is 6.54 Å². The van der Waals surface area contributed by atoms with Crippen LogP contribution in [0.4, 0.5) is 0 Å². The highest BCUT2D eigenvalue weighted by Crippen LogP contribution is 2.22. The minimum atomic E-state index is -0.160. The van der Waals surface area contributed by atoms with Crippen molar-refractivity contribution in [2.45, 2.75) is 51.6 Å². The van der Waals surface area contributed by atoms with Gasteiger partial charge in [0.25, 0.3) is 11.8 Å². The number of nitrogens with one attached hydrogen (secondary N) is 1. The van der Waals surface area contributed by atoms with Gasteiger partial charge in [0.2, 0.25) is 0 Å². The smallest absolute Gasteiger partial charge is 0.254 e. The summed E-state index contributed by atoms with van der Waals surface area (Å²) in [7, 11) is 0. The average Bonchev–Trinajstić information content (AvgIpc) is 2.73. The zero-order valence-electron chi connectivity index (χ0n) is 16.2. The topological polar surface area (TPSA) is 49.4 Å². The summed E-state index contributed by atoms with van der Waals surface area (Å²) < 4.78 is 0. The molecule has 2 atom stereocenters. The Bertz CT molecular complexity index is 788. The molecular formula is C23H28N2O2. The van der Waals surface area contributed by atoms with Crippen molar-refractivity contribution in [3.05, 3.63) is 71.3 Å². The van der Waals surface area contributed by atoms with E-state index in [0.29, 0.717) is 17.2 Å². The lowest BCUT2D eigenvalue weighted by Crippen LogP contribution is -2.43. The van der Waals surface area contributed by atoms with Crippen molar-refractivity contribution in [1.29, 1.82) is 0 Å². The molecule has 142 valence electrons. The molecule has 0 bridgehead atoms. The molecule has 4 heteroatoms.